The minimum Gasteiger partial charge on any atom is -0.379 e. The Bertz CT molecular complexity index is 407. The van der Waals surface area contributed by atoms with Gasteiger partial charge in [-0.2, -0.15) is 0 Å². The van der Waals surface area contributed by atoms with Gasteiger partial charge in [0.05, 0.1) is 6.10 Å². The standard InChI is InChI=1S/C16H23NO2/c1-13(2)19-12-4-11-17-16(18)10-9-15-7-5-14(3)6-8-15/h5-10,13H,4,11-12H2,1-3H3,(H,17,18)/b10-9+. The summed E-state index contributed by atoms with van der Waals surface area (Å²) in [5.41, 5.74) is 2.25. The quantitative estimate of drug-likeness (QED) is 0.605. The molecule has 1 amide bonds. The van der Waals surface area contributed by atoms with Crippen LogP contribution in [0.25, 0.3) is 6.08 Å². The fourth-order valence-corrected chi connectivity index (χ4v) is 1.51. The number of hydrogen-bond acceptors (Lipinski definition) is 2. The first-order chi connectivity index (χ1) is 9.08. The molecule has 1 aromatic rings. The van der Waals surface area contributed by atoms with E-state index in [4.69, 9.17) is 4.74 Å². The van der Waals surface area contributed by atoms with Crippen LogP contribution in [-0.4, -0.2) is 25.2 Å². The number of amides is 1. The Hall–Kier alpha value is -1.61. The Labute approximate surface area is 115 Å². The van der Waals surface area contributed by atoms with Gasteiger partial charge >= 0.3 is 0 Å². The molecule has 1 aromatic carbocycles. The Balaban J connectivity index is 2.22. The first kappa shape index (κ1) is 15.4. The topological polar surface area (TPSA) is 38.3 Å². The van der Waals surface area contributed by atoms with Crippen LogP contribution >= 0.6 is 0 Å². The van der Waals surface area contributed by atoms with Gasteiger partial charge in [-0.25, -0.2) is 0 Å². The monoisotopic (exact) mass is 261 g/mol. The lowest BCUT2D eigenvalue weighted by molar-refractivity contribution is -0.116. The van der Waals surface area contributed by atoms with Crippen molar-refractivity contribution in [1.29, 1.82) is 0 Å². The van der Waals surface area contributed by atoms with Crippen molar-refractivity contribution < 1.29 is 9.53 Å². The highest BCUT2D eigenvalue weighted by Gasteiger charge is 1.96. The number of carbonyl (C=O) groups is 1. The number of nitrogens with one attached hydrogen (secondary N) is 1. The summed E-state index contributed by atoms with van der Waals surface area (Å²) in [5, 5.41) is 2.83. The Kier molecular flexibility index (Phi) is 6.90. The van der Waals surface area contributed by atoms with Gasteiger partial charge in [0.25, 0.3) is 0 Å². The SMILES string of the molecule is Cc1ccc(/C=C/C(=O)NCCCOC(C)C)cc1. The minimum absolute atomic E-state index is 0.0647. The third kappa shape index (κ3) is 7.42. The first-order valence-corrected chi connectivity index (χ1v) is 6.72. The third-order valence-electron chi connectivity index (χ3n) is 2.58. The second kappa shape index (κ2) is 8.48. The molecule has 0 heterocycles. The zero-order valence-corrected chi connectivity index (χ0v) is 12.0. The summed E-state index contributed by atoms with van der Waals surface area (Å²) < 4.78 is 5.39. The van der Waals surface area contributed by atoms with E-state index >= 15 is 0 Å². The molecule has 0 aliphatic carbocycles. The molecule has 0 fully saturated rings. The molecule has 0 saturated carbocycles. The van der Waals surface area contributed by atoms with Crippen LogP contribution in [-0.2, 0) is 9.53 Å². The second-order valence-corrected chi connectivity index (χ2v) is 4.81. The lowest BCUT2D eigenvalue weighted by Gasteiger charge is -2.07. The van der Waals surface area contributed by atoms with E-state index < -0.39 is 0 Å². The fraction of sp³-hybridized carbons (Fsp3) is 0.438. The van der Waals surface area contributed by atoms with Crippen LogP contribution in [0.3, 0.4) is 0 Å². The van der Waals surface area contributed by atoms with E-state index in [9.17, 15) is 4.79 Å². The van der Waals surface area contributed by atoms with Crippen LogP contribution < -0.4 is 5.32 Å². The smallest absolute Gasteiger partial charge is 0.244 e. The van der Waals surface area contributed by atoms with Gasteiger partial charge in [-0.3, -0.25) is 4.79 Å². The van der Waals surface area contributed by atoms with Crippen molar-refractivity contribution in [2.24, 2.45) is 0 Å². The molecule has 104 valence electrons. The first-order valence-electron chi connectivity index (χ1n) is 6.72. The van der Waals surface area contributed by atoms with Crippen LogP contribution in [0.2, 0.25) is 0 Å². The van der Waals surface area contributed by atoms with Crippen molar-refractivity contribution >= 4 is 12.0 Å². The van der Waals surface area contributed by atoms with Crippen LogP contribution in [0.1, 0.15) is 31.4 Å². The molecule has 0 aliphatic rings. The zero-order valence-electron chi connectivity index (χ0n) is 12.0. The van der Waals surface area contributed by atoms with E-state index in [1.807, 2.05) is 51.1 Å². The maximum atomic E-state index is 11.5. The van der Waals surface area contributed by atoms with Gasteiger partial charge in [0.2, 0.25) is 5.91 Å². The summed E-state index contributed by atoms with van der Waals surface area (Å²) in [6.45, 7) is 7.37. The minimum atomic E-state index is -0.0647. The normalized spacial score (nSPS) is 11.2. The highest BCUT2D eigenvalue weighted by molar-refractivity contribution is 5.91. The molecular formula is C16H23NO2. The van der Waals surface area contributed by atoms with Gasteiger partial charge in [-0.15, -0.1) is 0 Å². The van der Waals surface area contributed by atoms with Crippen molar-refractivity contribution in [3.8, 4) is 0 Å². The summed E-state index contributed by atoms with van der Waals surface area (Å²) in [4.78, 5) is 11.5. The Morgan fingerprint density at radius 2 is 2.00 bits per heavy atom. The molecule has 0 unspecified atom stereocenters. The molecular weight excluding hydrogens is 238 g/mol. The third-order valence-corrected chi connectivity index (χ3v) is 2.58. The zero-order chi connectivity index (χ0) is 14.1. The summed E-state index contributed by atoms with van der Waals surface area (Å²) in [5.74, 6) is -0.0647. The van der Waals surface area contributed by atoms with Crippen molar-refractivity contribution in [2.75, 3.05) is 13.2 Å². The van der Waals surface area contributed by atoms with E-state index in [1.54, 1.807) is 6.08 Å². The van der Waals surface area contributed by atoms with Crippen molar-refractivity contribution in [3.05, 3.63) is 41.5 Å². The van der Waals surface area contributed by atoms with E-state index in [1.165, 1.54) is 5.56 Å². The number of hydrogen-bond donors (Lipinski definition) is 1. The van der Waals surface area contributed by atoms with E-state index in [2.05, 4.69) is 5.32 Å². The van der Waals surface area contributed by atoms with Crippen LogP contribution in [0.5, 0.6) is 0 Å². The highest BCUT2D eigenvalue weighted by Crippen LogP contribution is 2.04. The molecule has 0 aromatic heterocycles. The van der Waals surface area contributed by atoms with Crippen LogP contribution in [0.4, 0.5) is 0 Å². The maximum Gasteiger partial charge on any atom is 0.244 e. The maximum absolute atomic E-state index is 11.5. The van der Waals surface area contributed by atoms with Crippen molar-refractivity contribution in [1.82, 2.24) is 5.32 Å². The fourth-order valence-electron chi connectivity index (χ4n) is 1.51. The average Bonchev–Trinajstić information content (AvgIpc) is 2.37. The molecule has 3 heteroatoms. The molecule has 1 rings (SSSR count). The largest absolute Gasteiger partial charge is 0.379 e. The number of aryl methyl sites for hydroxylation is 1. The Morgan fingerprint density at radius 3 is 2.63 bits per heavy atom. The van der Waals surface area contributed by atoms with Gasteiger partial charge in [0.15, 0.2) is 0 Å². The lowest BCUT2D eigenvalue weighted by atomic mass is 10.1. The number of ether oxygens (including phenoxy) is 1. The molecule has 19 heavy (non-hydrogen) atoms. The van der Waals surface area contributed by atoms with Gasteiger partial charge in [0.1, 0.15) is 0 Å². The summed E-state index contributed by atoms with van der Waals surface area (Å²) >= 11 is 0. The van der Waals surface area contributed by atoms with Crippen molar-refractivity contribution in [2.45, 2.75) is 33.3 Å². The molecule has 0 spiro atoms. The van der Waals surface area contributed by atoms with E-state index in [0.717, 1.165) is 12.0 Å². The predicted octanol–water partition coefficient (Wildman–Crippen LogP) is 2.94. The van der Waals surface area contributed by atoms with Gasteiger partial charge in [0, 0.05) is 19.2 Å². The van der Waals surface area contributed by atoms with E-state index in [0.29, 0.717) is 13.2 Å². The number of carbonyl (C=O) groups excluding carboxylic acids is 1. The second-order valence-electron chi connectivity index (χ2n) is 4.81. The molecule has 0 bridgehead atoms. The Morgan fingerprint density at radius 1 is 1.32 bits per heavy atom. The van der Waals surface area contributed by atoms with Gasteiger partial charge in [-0.1, -0.05) is 29.8 Å². The molecule has 0 radical (unpaired) electrons. The molecule has 1 N–H and O–H groups in total. The van der Waals surface area contributed by atoms with Crippen molar-refractivity contribution in [3.63, 3.8) is 0 Å². The highest BCUT2D eigenvalue weighted by atomic mass is 16.5. The summed E-state index contributed by atoms with van der Waals surface area (Å²) in [6.07, 6.45) is 4.47. The van der Waals surface area contributed by atoms with Gasteiger partial charge < -0.3 is 10.1 Å². The summed E-state index contributed by atoms with van der Waals surface area (Å²) in [7, 11) is 0. The van der Waals surface area contributed by atoms with Crippen LogP contribution in [0.15, 0.2) is 30.3 Å². The molecule has 0 aliphatic heterocycles. The van der Waals surface area contributed by atoms with Gasteiger partial charge in [-0.05, 0) is 38.8 Å². The lowest BCUT2D eigenvalue weighted by Crippen LogP contribution is -2.23. The molecule has 0 saturated heterocycles. The van der Waals surface area contributed by atoms with E-state index in [-0.39, 0.29) is 12.0 Å². The predicted molar refractivity (Wildman–Crippen MR) is 78.9 cm³/mol. The molecule has 3 nitrogen and oxygen atoms in total. The summed E-state index contributed by atoms with van der Waals surface area (Å²) in [6, 6.07) is 8.05. The molecule has 0 atom stereocenters. The average molecular weight is 261 g/mol. The number of rotatable bonds is 7. The number of benzene rings is 1. The van der Waals surface area contributed by atoms with Crippen LogP contribution in [0, 0.1) is 6.92 Å².